The van der Waals surface area contributed by atoms with Crippen molar-refractivity contribution in [1.82, 2.24) is 25.1 Å². The highest BCUT2D eigenvalue weighted by Gasteiger charge is 2.18. The van der Waals surface area contributed by atoms with Crippen LogP contribution in [0.1, 0.15) is 12.8 Å². The minimum Gasteiger partial charge on any atom is -0.328 e. The number of hydrogen-bond acceptors (Lipinski definition) is 6. The third-order valence-corrected chi connectivity index (χ3v) is 4.17. The summed E-state index contributed by atoms with van der Waals surface area (Å²) in [6, 6.07) is 5.47. The van der Waals surface area contributed by atoms with Crippen molar-refractivity contribution in [3.8, 4) is 5.69 Å². The van der Waals surface area contributed by atoms with Gasteiger partial charge in [0, 0.05) is 19.1 Å². The number of rotatable bonds is 4. The first-order valence-corrected chi connectivity index (χ1v) is 7.80. The number of anilines is 1. The molecule has 1 aromatic heterocycles. The molecule has 2 aromatic rings. The van der Waals surface area contributed by atoms with Crippen LogP contribution in [0.2, 0.25) is 5.02 Å². The van der Waals surface area contributed by atoms with E-state index in [0.29, 0.717) is 17.3 Å². The molecule has 1 amide bonds. The van der Waals surface area contributed by atoms with Crippen molar-refractivity contribution < 1.29 is 4.79 Å². The Hall–Kier alpha value is -2.03. The minimum absolute atomic E-state index is 0.101. The summed E-state index contributed by atoms with van der Waals surface area (Å²) >= 11 is 6.16. The Morgan fingerprint density at radius 1 is 1.39 bits per heavy atom. The van der Waals surface area contributed by atoms with Crippen molar-refractivity contribution in [2.45, 2.75) is 18.9 Å². The Morgan fingerprint density at radius 3 is 2.87 bits per heavy atom. The second-order valence-electron chi connectivity index (χ2n) is 5.58. The zero-order valence-electron chi connectivity index (χ0n) is 12.5. The lowest BCUT2D eigenvalue weighted by atomic mass is 10.1. The molecular weight excluding hydrogens is 318 g/mol. The van der Waals surface area contributed by atoms with Gasteiger partial charge in [-0.1, -0.05) is 11.6 Å². The van der Waals surface area contributed by atoms with Crippen LogP contribution in [-0.4, -0.2) is 56.7 Å². The molecule has 2 heterocycles. The van der Waals surface area contributed by atoms with E-state index in [1.54, 1.807) is 18.2 Å². The topological polar surface area (TPSA) is 102 Å². The molecule has 1 saturated heterocycles. The lowest BCUT2D eigenvalue weighted by molar-refractivity contribution is -0.117. The number of nitrogens with zero attached hydrogens (tertiary/aromatic N) is 5. The molecule has 1 aliphatic rings. The number of tetrazole rings is 1. The smallest absolute Gasteiger partial charge is 0.238 e. The van der Waals surface area contributed by atoms with Crippen LogP contribution in [0.25, 0.3) is 5.69 Å². The van der Waals surface area contributed by atoms with Gasteiger partial charge >= 0.3 is 0 Å². The Bertz CT molecular complexity index is 668. The SMILES string of the molecule is NC1CCN(CC(=O)Nc2cc(-n3cnnn3)ccc2Cl)CC1. The summed E-state index contributed by atoms with van der Waals surface area (Å²) in [6.07, 6.45) is 3.32. The van der Waals surface area contributed by atoms with Crippen LogP contribution in [0.4, 0.5) is 5.69 Å². The maximum absolute atomic E-state index is 12.2. The highest BCUT2D eigenvalue weighted by atomic mass is 35.5. The Morgan fingerprint density at radius 2 is 2.17 bits per heavy atom. The number of carbonyl (C=O) groups excluding carboxylic acids is 1. The average molecular weight is 336 g/mol. The predicted molar refractivity (Wildman–Crippen MR) is 86.4 cm³/mol. The Kier molecular flexibility index (Phi) is 4.85. The van der Waals surface area contributed by atoms with Gasteiger partial charge in [0.2, 0.25) is 5.91 Å². The standard InChI is InChI=1S/C14H18ClN7O/c15-12-2-1-11(22-9-17-19-20-22)7-13(12)18-14(23)8-21-5-3-10(16)4-6-21/h1-2,7,9-10H,3-6,8,16H2,(H,18,23). The molecule has 23 heavy (non-hydrogen) atoms. The van der Waals surface area contributed by atoms with Gasteiger partial charge in [-0.3, -0.25) is 9.69 Å². The highest BCUT2D eigenvalue weighted by molar-refractivity contribution is 6.33. The van der Waals surface area contributed by atoms with Gasteiger partial charge in [0.05, 0.1) is 22.9 Å². The summed E-state index contributed by atoms with van der Waals surface area (Å²) in [4.78, 5) is 14.3. The van der Waals surface area contributed by atoms with E-state index in [1.807, 2.05) is 0 Å². The molecule has 3 rings (SSSR count). The molecule has 0 bridgehead atoms. The summed E-state index contributed by atoms with van der Waals surface area (Å²) in [7, 11) is 0. The van der Waals surface area contributed by atoms with Gasteiger partial charge < -0.3 is 11.1 Å². The first kappa shape index (κ1) is 15.9. The van der Waals surface area contributed by atoms with Gasteiger partial charge in [0.25, 0.3) is 0 Å². The van der Waals surface area contributed by atoms with Crippen LogP contribution < -0.4 is 11.1 Å². The zero-order valence-corrected chi connectivity index (χ0v) is 13.3. The van der Waals surface area contributed by atoms with Crippen LogP contribution in [0, 0.1) is 0 Å². The number of hydrogen-bond donors (Lipinski definition) is 2. The number of carbonyl (C=O) groups is 1. The summed E-state index contributed by atoms with van der Waals surface area (Å²) in [6.45, 7) is 2.01. The molecule has 0 unspecified atom stereocenters. The van der Waals surface area contributed by atoms with E-state index in [-0.39, 0.29) is 11.9 Å². The van der Waals surface area contributed by atoms with Crippen molar-refractivity contribution in [3.05, 3.63) is 29.5 Å². The molecule has 3 N–H and O–H groups in total. The lowest BCUT2D eigenvalue weighted by Crippen LogP contribution is -2.43. The number of piperidine rings is 1. The monoisotopic (exact) mass is 335 g/mol. The zero-order chi connectivity index (χ0) is 16.2. The number of likely N-dealkylation sites (tertiary alicyclic amines) is 1. The summed E-state index contributed by atoms with van der Waals surface area (Å²) < 4.78 is 1.50. The van der Waals surface area contributed by atoms with E-state index in [1.165, 1.54) is 11.0 Å². The van der Waals surface area contributed by atoms with E-state index >= 15 is 0 Å². The number of nitrogens with one attached hydrogen (secondary N) is 1. The van der Waals surface area contributed by atoms with Gasteiger partial charge in [-0.25, -0.2) is 4.68 Å². The number of halogens is 1. The van der Waals surface area contributed by atoms with Crippen LogP contribution in [0.15, 0.2) is 24.5 Å². The molecule has 9 heteroatoms. The van der Waals surface area contributed by atoms with Gasteiger partial charge in [0.15, 0.2) is 0 Å². The number of nitrogens with two attached hydrogens (primary N) is 1. The fraction of sp³-hybridized carbons (Fsp3) is 0.429. The quantitative estimate of drug-likeness (QED) is 0.851. The van der Waals surface area contributed by atoms with Crippen molar-refractivity contribution >= 4 is 23.2 Å². The number of benzene rings is 1. The summed E-state index contributed by atoms with van der Waals surface area (Å²) in [5.74, 6) is -0.101. The summed E-state index contributed by atoms with van der Waals surface area (Å²) in [5.41, 5.74) is 7.13. The summed E-state index contributed by atoms with van der Waals surface area (Å²) in [5, 5.41) is 14.3. The molecule has 1 aromatic carbocycles. The second kappa shape index (κ2) is 7.03. The molecule has 8 nitrogen and oxygen atoms in total. The van der Waals surface area contributed by atoms with Crippen LogP contribution in [-0.2, 0) is 4.79 Å². The first-order valence-electron chi connectivity index (χ1n) is 7.42. The largest absolute Gasteiger partial charge is 0.328 e. The van der Waals surface area contributed by atoms with E-state index in [4.69, 9.17) is 17.3 Å². The van der Waals surface area contributed by atoms with Crippen LogP contribution in [0.5, 0.6) is 0 Å². The Balaban J connectivity index is 1.65. The lowest BCUT2D eigenvalue weighted by Gasteiger charge is -2.29. The third-order valence-electron chi connectivity index (χ3n) is 3.84. The maximum atomic E-state index is 12.2. The second-order valence-corrected chi connectivity index (χ2v) is 5.99. The molecular formula is C14H18ClN7O. The van der Waals surface area contributed by atoms with Crippen molar-refractivity contribution in [1.29, 1.82) is 0 Å². The molecule has 0 spiro atoms. The third kappa shape index (κ3) is 4.04. The number of aromatic nitrogens is 4. The van der Waals surface area contributed by atoms with Crippen LogP contribution in [0.3, 0.4) is 0 Å². The average Bonchev–Trinajstić information content (AvgIpc) is 3.06. The van der Waals surface area contributed by atoms with Gasteiger partial charge in [-0.15, -0.1) is 5.10 Å². The van der Waals surface area contributed by atoms with E-state index in [9.17, 15) is 4.79 Å². The number of amides is 1. The molecule has 0 radical (unpaired) electrons. The highest BCUT2D eigenvalue weighted by Crippen LogP contribution is 2.24. The van der Waals surface area contributed by atoms with Crippen LogP contribution >= 0.6 is 11.6 Å². The van der Waals surface area contributed by atoms with E-state index in [0.717, 1.165) is 31.6 Å². The Labute approximate surface area is 138 Å². The van der Waals surface area contributed by atoms with Crippen molar-refractivity contribution in [2.75, 3.05) is 25.0 Å². The maximum Gasteiger partial charge on any atom is 0.238 e. The minimum atomic E-state index is -0.101. The molecule has 0 atom stereocenters. The van der Waals surface area contributed by atoms with E-state index in [2.05, 4.69) is 25.7 Å². The first-order chi connectivity index (χ1) is 11.1. The normalized spacial score (nSPS) is 16.4. The van der Waals surface area contributed by atoms with E-state index < -0.39 is 0 Å². The van der Waals surface area contributed by atoms with Gasteiger partial charge in [-0.2, -0.15) is 0 Å². The fourth-order valence-electron chi connectivity index (χ4n) is 2.54. The molecule has 0 aliphatic carbocycles. The van der Waals surface area contributed by atoms with Crippen molar-refractivity contribution in [3.63, 3.8) is 0 Å². The fourth-order valence-corrected chi connectivity index (χ4v) is 2.70. The molecule has 0 saturated carbocycles. The van der Waals surface area contributed by atoms with Gasteiger partial charge in [0.1, 0.15) is 6.33 Å². The molecule has 1 aliphatic heterocycles. The van der Waals surface area contributed by atoms with Crippen molar-refractivity contribution in [2.24, 2.45) is 5.73 Å². The van der Waals surface area contributed by atoms with Gasteiger partial charge in [-0.05, 0) is 41.5 Å². The predicted octanol–water partition coefficient (Wildman–Crippen LogP) is 0.677. The molecule has 1 fully saturated rings. The molecule has 122 valence electrons.